The Hall–Kier alpha value is -0.246. The minimum atomic E-state index is -0.287. The van der Waals surface area contributed by atoms with Gasteiger partial charge in [-0.3, -0.25) is 6.07 Å². The van der Waals surface area contributed by atoms with Crippen LogP contribution in [0.4, 0.5) is 0 Å². The summed E-state index contributed by atoms with van der Waals surface area (Å²) >= 11 is 0. The molecule has 0 fully saturated rings. The summed E-state index contributed by atoms with van der Waals surface area (Å²) < 4.78 is 10.7. The van der Waals surface area contributed by atoms with Gasteiger partial charge in [-0.05, 0) is 0 Å². The summed E-state index contributed by atoms with van der Waals surface area (Å²) in [5.74, 6) is 1.20. The molecule has 1 atom stereocenters. The minimum absolute atomic E-state index is 0. The topological polar surface area (TPSA) is 38.7 Å². The number of aliphatic hydroxyl groups excluding tert-OH is 1. The fourth-order valence-electron chi connectivity index (χ4n) is 1.18. The third-order valence-electron chi connectivity index (χ3n) is 1.85. The van der Waals surface area contributed by atoms with Gasteiger partial charge < -0.3 is 33.1 Å². The molecule has 14 heavy (non-hydrogen) atoms. The van der Waals surface area contributed by atoms with Crippen LogP contribution in [0, 0.1) is 13.0 Å². The van der Waals surface area contributed by atoms with Gasteiger partial charge in [-0.15, -0.1) is 6.07 Å². The Bertz CT molecular complexity index is 314. The second kappa shape index (κ2) is 5.01. The molecule has 0 unspecified atom stereocenters. The molecule has 0 saturated carbocycles. The van der Waals surface area contributed by atoms with Crippen LogP contribution in [0.25, 0.3) is 0 Å². The van der Waals surface area contributed by atoms with Crippen LogP contribution in [0.15, 0.2) is 12.1 Å². The monoisotopic (exact) mass is 267 g/mol. The zero-order chi connectivity index (χ0) is 9.26. The maximum absolute atomic E-state index is 8.85. The molecule has 0 saturated heterocycles. The van der Waals surface area contributed by atoms with Gasteiger partial charge in [0.05, 0.1) is 6.61 Å². The third-order valence-corrected chi connectivity index (χ3v) is 1.85. The van der Waals surface area contributed by atoms with Crippen molar-refractivity contribution in [1.82, 2.24) is 0 Å². The Morgan fingerprint density at radius 3 is 3.07 bits per heavy atom. The summed E-state index contributed by atoms with van der Waals surface area (Å²) in [6, 6.07) is 6.52. The molecule has 1 aliphatic heterocycles. The first-order valence-corrected chi connectivity index (χ1v) is 4.08. The molecule has 0 amide bonds. The second-order valence-electron chi connectivity index (χ2n) is 2.91. The number of aliphatic hydroxyl groups is 1. The molecular weight excluding hydrogens is 257 g/mol. The molecule has 1 aromatic rings. The molecule has 4 heteroatoms. The van der Waals surface area contributed by atoms with Crippen LogP contribution >= 0.6 is 0 Å². The molecule has 1 radical (unpaired) electrons. The number of hydrogen-bond acceptors (Lipinski definition) is 3. The van der Waals surface area contributed by atoms with E-state index in [4.69, 9.17) is 14.6 Å². The largest absolute Gasteiger partial charge is 0.507 e. The molecule has 1 N–H and O–H groups in total. The normalized spacial score (nSPS) is 18.5. The van der Waals surface area contributed by atoms with Crippen molar-refractivity contribution in [2.24, 2.45) is 0 Å². The zero-order valence-corrected chi connectivity index (χ0v) is 10.5. The quantitative estimate of drug-likeness (QED) is 0.765. The van der Waals surface area contributed by atoms with Gasteiger partial charge in [0.1, 0.15) is 12.4 Å². The van der Waals surface area contributed by atoms with E-state index < -0.39 is 0 Å². The van der Waals surface area contributed by atoms with Crippen molar-refractivity contribution in [2.45, 2.75) is 6.10 Å². The number of ether oxygens (including phenoxy) is 2. The minimum Gasteiger partial charge on any atom is -0.507 e. The first kappa shape index (κ1) is 11.8. The first-order valence-electron chi connectivity index (χ1n) is 4.08. The molecule has 0 aliphatic carbocycles. The van der Waals surface area contributed by atoms with E-state index in [9.17, 15) is 0 Å². The Kier molecular flexibility index (Phi) is 4.23. The van der Waals surface area contributed by atoms with E-state index in [0.717, 1.165) is 5.56 Å². The van der Waals surface area contributed by atoms with Crippen LogP contribution in [0.5, 0.6) is 11.5 Å². The van der Waals surface area contributed by atoms with Crippen molar-refractivity contribution >= 4 is 0 Å². The zero-order valence-electron chi connectivity index (χ0n) is 7.69. The molecule has 73 valence electrons. The molecule has 0 bridgehead atoms. The smallest absolute Gasteiger partial charge is 0.153 e. The molecule has 1 aliphatic rings. The fraction of sp³-hybridized carbons (Fsp3) is 0.300. The molecule has 0 aromatic heterocycles. The SMILES string of the molecule is [CH2-]c1[c-]c2c(cc1)OC[C@H](CO)O2.[Y]. The van der Waals surface area contributed by atoms with E-state index in [2.05, 4.69) is 13.0 Å². The summed E-state index contributed by atoms with van der Waals surface area (Å²) in [5.41, 5.74) is 0.751. The van der Waals surface area contributed by atoms with Crippen molar-refractivity contribution in [3.8, 4) is 11.5 Å². The van der Waals surface area contributed by atoms with Gasteiger partial charge in [0.15, 0.2) is 6.10 Å². The molecule has 3 nitrogen and oxygen atoms in total. The average Bonchev–Trinajstić information content (AvgIpc) is 2.16. The molecule has 1 aromatic carbocycles. The van der Waals surface area contributed by atoms with Crippen molar-refractivity contribution in [1.29, 1.82) is 0 Å². The fourth-order valence-corrected chi connectivity index (χ4v) is 1.18. The van der Waals surface area contributed by atoms with Crippen LogP contribution in [0.1, 0.15) is 5.56 Å². The number of rotatable bonds is 1. The van der Waals surface area contributed by atoms with E-state index in [1.165, 1.54) is 0 Å². The van der Waals surface area contributed by atoms with Gasteiger partial charge >= 0.3 is 0 Å². The first-order chi connectivity index (χ1) is 6.29. The second-order valence-corrected chi connectivity index (χ2v) is 2.91. The van der Waals surface area contributed by atoms with Crippen LogP contribution in [0.2, 0.25) is 0 Å². The van der Waals surface area contributed by atoms with Gasteiger partial charge in [-0.25, -0.2) is 0 Å². The third kappa shape index (κ3) is 2.41. The summed E-state index contributed by atoms with van der Waals surface area (Å²) in [6.45, 7) is 4.06. The average molecular weight is 267 g/mol. The predicted molar refractivity (Wildman–Crippen MR) is 46.7 cm³/mol. The summed E-state index contributed by atoms with van der Waals surface area (Å²) in [5, 5.41) is 8.85. The summed E-state index contributed by atoms with van der Waals surface area (Å²) in [6.07, 6.45) is -0.287. The Morgan fingerprint density at radius 1 is 1.57 bits per heavy atom. The van der Waals surface area contributed by atoms with E-state index in [1.54, 1.807) is 6.07 Å². The molecule has 1 heterocycles. The summed E-state index contributed by atoms with van der Waals surface area (Å²) in [4.78, 5) is 0. The van der Waals surface area contributed by atoms with Crippen LogP contribution in [-0.4, -0.2) is 24.4 Å². The van der Waals surface area contributed by atoms with Crippen LogP contribution in [-0.2, 0) is 32.7 Å². The Morgan fingerprint density at radius 2 is 2.36 bits per heavy atom. The number of benzene rings is 1. The van der Waals surface area contributed by atoms with Crippen molar-refractivity contribution in [3.05, 3.63) is 30.7 Å². The van der Waals surface area contributed by atoms with E-state index in [-0.39, 0.29) is 45.4 Å². The van der Waals surface area contributed by atoms with Gasteiger partial charge in [-0.1, -0.05) is 0 Å². The Labute approximate surface area is 108 Å². The maximum Gasteiger partial charge on any atom is 0.153 e. The van der Waals surface area contributed by atoms with E-state index in [0.29, 0.717) is 18.1 Å². The van der Waals surface area contributed by atoms with E-state index in [1.807, 2.05) is 6.07 Å². The van der Waals surface area contributed by atoms with Crippen LogP contribution < -0.4 is 9.47 Å². The Balaban J connectivity index is 0.000000980. The molecular formula is C10H10O3Y-2. The van der Waals surface area contributed by atoms with Gasteiger partial charge in [0, 0.05) is 38.5 Å². The van der Waals surface area contributed by atoms with Gasteiger partial charge in [0.2, 0.25) is 0 Å². The standard InChI is InChI=1S/C10H10O3.Y/c1-7-2-3-9-10(4-7)13-8(5-11)6-12-9;/h2-3,8,11H,1,5-6H2;/q-2;/t8-;/m0./s1. The molecule has 2 rings (SSSR count). The summed E-state index contributed by atoms with van der Waals surface area (Å²) in [7, 11) is 0. The van der Waals surface area contributed by atoms with E-state index >= 15 is 0 Å². The van der Waals surface area contributed by atoms with Crippen molar-refractivity contribution in [2.75, 3.05) is 13.2 Å². The van der Waals surface area contributed by atoms with Crippen molar-refractivity contribution < 1.29 is 47.3 Å². The van der Waals surface area contributed by atoms with Gasteiger partial charge in [0.25, 0.3) is 0 Å². The predicted octanol–water partition coefficient (Wildman–Crippen LogP) is 0.799. The van der Waals surface area contributed by atoms with Crippen LogP contribution in [0.3, 0.4) is 0 Å². The number of fused-ring (bicyclic) bond motifs is 1. The number of hydrogen-bond donors (Lipinski definition) is 1. The maximum atomic E-state index is 8.85. The van der Waals surface area contributed by atoms with Crippen molar-refractivity contribution in [3.63, 3.8) is 0 Å². The van der Waals surface area contributed by atoms with Gasteiger partial charge in [-0.2, -0.15) is 0 Å². The molecule has 0 spiro atoms.